The van der Waals surface area contributed by atoms with Crippen molar-refractivity contribution in [2.75, 3.05) is 11.3 Å². The lowest BCUT2D eigenvalue weighted by Gasteiger charge is -2.16. The first-order chi connectivity index (χ1) is 6.31. The average molecular weight is 218 g/mol. The molecule has 0 saturated carbocycles. The van der Waals surface area contributed by atoms with Crippen LogP contribution in [0.3, 0.4) is 0 Å². The highest BCUT2D eigenvalue weighted by Gasteiger charge is 2.14. The number of rotatable bonds is 1. The maximum atomic E-state index is 5.80. The number of nitrogens with zero attached hydrogens (tertiary/aromatic N) is 3. The molecule has 0 atom stereocenters. The van der Waals surface area contributed by atoms with Gasteiger partial charge in [-0.05, 0) is 0 Å². The van der Waals surface area contributed by atoms with E-state index in [2.05, 4.69) is 25.8 Å². The second-order valence-electron chi connectivity index (χ2n) is 2.30. The molecule has 2 N–H and O–H groups in total. The van der Waals surface area contributed by atoms with E-state index in [-0.39, 0.29) is 5.88 Å². The summed E-state index contributed by atoms with van der Waals surface area (Å²) in [5, 5.41) is 0.307. The molecule has 7 heteroatoms. The molecule has 1 aromatic rings. The molecule has 0 unspecified atom stereocenters. The van der Waals surface area contributed by atoms with Crippen LogP contribution in [0.2, 0.25) is 5.15 Å². The van der Waals surface area contributed by atoms with E-state index in [9.17, 15) is 0 Å². The van der Waals surface area contributed by atoms with Crippen LogP contribution in [0, 0.1) is 0 Å². The summed E-state index contributed by atoms with van der Waals surface area (Å²) in [7, 11) is 0. The highest BCUT2D eigenvalue weighted by atomic mass is 35.5. The molecule has 0 aromatic carbocycles. The summed E-state index contributed by atoms with van der Waals surface area (Å²) in [6.07, 6.45) is 1.36. The summed E-state index contributed by atoms with van der Waals surface area (Å²) >= 11 is 11.4. The first-order valence-electron chi connectivity index (χ1n) is 3.47. The number of anilines is 1. The number of fused-ring (bicyclic) bond motifs is 1. The predicted molar refractivity (Wildman–Crippen MR) is 51.6 cm³/mol. The maximum Gasteiger partial charge on any atom is 0.175 e. The van der Waals surface area contributed by atoms with Crippen molar-refractivity contribution in [1.82, 2.24) is 15.4 Å². The monoisotopic (exact) mass is 217 g/mol. The number of alkyl halides is 1. The van der Waals surface area contributed by atoms with Crippen LogP contribution in [-0.2, 0) is 0 Å². The first-order valence-corrected chi connectivity index (χ1v) is 4.38. The fourth-order valence-electron chi connectivity index (χ4n) is 0.905. The molecular formula is C6H5Cl2N5. The van der Waals surface area contributed by atoms with E-state index in [0.29, 0.717) is 22.5 Å². The SMILES string of the molecule is ClCC1=Nc2c(Cl)ncnc2NN1. The molecule has 0 radical (unpaired) electrons. The standard InChI is InChI=1S/C6H5Cl2N5/c7-1-3-11-4-5(8)9-2-10-6(4)13-12-3/h2H,1H2,(H,11,12)(H,9,10,13). The van der Waals surface area contributed by atoms with Gasteiger partial charge in [-0.15, -0.1) is 11.6 Å². The van der Waals surface area contributed by atoms with Gasteiger partial charge in [0.15, 0.2) is 11.0 Å². The molecule has 13 heavy (non-hydrogen) atoms. The molecule has 0 bridgehead atoms. The Kier molecular flexibility index (Phi) is 2.20. The summed E-state index contributed by atoms with van der Waals surface area (Å²) < 4.78 is 0. The Balaban J connectivity index is 2.49. The Morgan fingerprint density at radius 2 is 2.15 bits per heavy atom. The molecular weight excluding hydrogens is 213 g/mol. The second-order valence-corrected chi connectivity index (χ2v) is 2.93. The van der Waals surface area contributed by atoms with Gasteiger partial charge in [0.05, 0.1) is 5.88 Å². The number of hydrogen-bond acceptors (Lipinski definition) is 5. The van der Waals surface area contributed by atoms with E-state index in [4.69, 9.17) is 23.2 Å². The summed E-state index contributed by atoms with van der Waals surface area (Å²) in [5.41, 5.74) is 6.09. The van der Waals surface area contributed by atoms with Crippen molar-refractivity contribution in [3.63, 3.8) is 0 Å². The number of halogens is 2. The lowest BCUT2D eigenvalue weighted by atomic mass is 10.4. The van der Waals surface area contributed by atoms with Crippen LogP contribution in [0.4, 0.5) is 11.5 Å². The summed E-state index contributed by atoms with van der Waals surface area (Å²) in [6.45, 7) is 0. The maximum absolute atomic E-state index is 5.80. The lowest BCUT2D eigenvalue weighted by molar-refractivity contribution is 1.02. The van der Waals surface area contributed by atoms with E-state index in [1.54, 1.807) is 0 Å². The van der Waals surface area contributed by atoms with Gasteiger partial charge >= 0.3 is 0 Å². The zero-order chi connectivity index (χ0) is 9.26. The van der Waals surface area contributed by atoms with E-state index in [0.717, 1.165) is 0 Å². The molecule has 5 nitrogen and oxygen atoms in total. The van der Waals surface area contributed by atoms with Crippen LogP contribution in [-0.4, -0.2) is 21.7 Å². The van der Waals surface area contributed by atoms with Crippen LogP contribution >= 0.6 is 23.2 Å². The topological polar surface area (TPSA) is 62.2 Å². The van der Waals surface area contributed by atoms with Crippen LogP contribution in [0.25, 0.3) is 0 Å². The van der Waals surface area contributed by atoms with Crippen LogP contribution < -0.4 is 10.9 Å². The number of aliphatic imine (C=N–C) groups is 1. The predicted octanol–water partition coefficient (Wildman–Crippen LogP) is 1.33. The Bertz CT molecular complexity index is 364. The molecule has 1 aliphatic rings. The Morgan fingerprint density at radius 3 is 2.92 bits per heavy atom. The Hall–Kier alpha value is -1.07. The zero-order valence-electron chi connectivity index (χ0n) is 6.38. The third-order valence-electron chi connectivity index (χ3n) is 1.48. The third kappa shape index (κ3) is 1.52. The van der Waals surface area contributed by atoms with Crippen molar-refractivity contribution < 1.29 is 0 Å². The van der Waals surface area contributed by atoms with Gasteiger partial charge in [0, 0.05) is 0 Å². The normalized spacial score (nSPS) is 13.8. The van der Waals surface area contributed by atoms with E-state index >= 15 is 0 Å². The molecule has 2 rings (SSSR count). The van der Waals surface area contributed by atoms with E-state index in [1.807, 2.05) is 0 Å². The number of aromatic nitrogens is 2. The number of amidine groups is 1. The molecule has 0 amide bonds. The average Bonchev–Trinajstić information content (AvgIpc) is 2.18. The lowest BCUT2D eigenvalue weighted by Crippen LogP contribution is -2.33. The number of hydrogen-bond donors (Lipinski definition) is 2. The number of nitrogens with one attached hydrogen (secondary N) is 2. The van der Waals surface area contributed by atoms with Gasteiger partial charge in [-0.3, -0.25) is 10.9 Å². The Morgan fingerprint density at radius 1 is 1.31 bits per heavy atom. The minimum atomic E-state index is 0.275. The second kappa shape index (κ2) is 3.35. The molecule has 1 aromatic heterocycles. The first kappa shape index (κ1) is 8.52. The van der Waals surface area contributed by atoms with Crippen LogP contribution in [0.1, 0.15) is 0 Å². The van der Waals surface area contributed by atoms with Crippen molar-refractivity contribution in [3.8, 4) is 0 Å². The summed E-state index contributed by atoms with van der Waals surface area (Å²) in [5.74, 6) is 1.41. The zero-order valence-corrected chi connectivity index (χ0v) is 7.89. The molecule has 1 aliphatic heterocycles. The Labute approximate surface area is 84.2 Å². The van der Waals surface area contributed by atoms with Crippen molar-refractivity contribution in [2.24, 2.45) is 4.99 Å². The van der Waals surface area contributed by atoms with Crippen LogP contribution in [0.5, 0.6) is 0 Å². The van der Waals surface area contributed by atoms with E-state index < -0.39 is 0 Å². The fourth-order valence-corrected chi connectivity index (χ4v) is 1.21. The highest BCUT2D eigenvalue weighted by Crippen LogP contribution is 2.30. The molecule has 0 spiro atoms. The smallest absolute Gasteiger partial charge is 0.175 e. The van der Waals surface area contributed by atoms with Gasteiger partial charge in [0.25, 0.3) is 0 Å². The van der Waals surface area contributed by atoms with Crippen molar-refractivity contribution in [2.45, 2.75) is 0 Å². The van der Waals surface area contributed by atoms with Gasteiger partial charge < -0.3 is 0 Å². The van der Waals surface area contributed by atoms with Gasteiger partial charge in [-0.1, -0.05) is 11.6 Å². The van der Waals surface area contributed by atoms with E-state index in [1.165, 1.54) is 6.33 Å². The van der Waals surface area contributed by atoms with Crippen molar-refractivity contribution in [3.05, 3.63) is 11.5 Å². The minimum absolute atomic E-state index is 0.275. The molecule has 68 valence electrons. The quantitative estimate of drug-likeness (QED) is 0.551. The molecule has 0 aliphatic carbocycles. The summed E-state index contributed by atoms with van der Waals surface area (Å²) in [4.78, 5) is 11.8. The number of hydrazine groups is 1. The van der Waals surface area contributed by atoms with Gasteiger partial charge in [-0.2, -0.15) is 0 Å². The van der Waals surface area contributed by atoms with Gasteiger partial charge in [0.1, 0.15) is 17.9 Å². The third-order valence-corrected chi connectivity index (χ3v) is 2.01. The highest BCUT2D eigenvalue weighted by molar-refractivity contribution is 6.33. The fraction of sp³-hybridized carbons (Fsp3) is 0.167. The van der Waals surface area contributed by atoms with Crippen molar-refractivity contribution in [1.29, 1.82) is 0 Å². The van der Waals surface area contributed by atoms with Gasteiger partial charge in [0.2, 0.25) is 0 Å². The summed E-state index contributed by atoms with van der Waals surface area (Å²) in [6, 6.07) is 0. The van der Waals surface area contributed by atoms with Crippen molar-refractivity contribution >= 4 is 40.5 Å². The molecule has 0 fully saturated rings. The molecule has 0 saturated heterocycles. The van der Waals surface area contributed by atoms with Gasteiger partial charge in [-0.25, -0.2) is 15.0 Å². The van der Waals surface area contributed by atoms with Crippen LogP contribution in [0.15, 0.2) is 11.3 Å². The largest absolute Gasteiger partial charge is 0.285 e. The molecule has 2 heterocycles. The minimum Gasteiger partial charge on any atom is -0.285 e.